The van der Waals surface area contributed by atoms with Crippen LogP contribution in [0.1, 0.15) is 56.2 Å². The van der Waals surface area contributed by atoms with Gasteiger partial charge < -0.3 is 15.2 Å². The van der Waals surface area contributed by atoms with Gasteiger partial charge in [-0.1, -0.05) is 13.0 Å². The molecule has 1 aliphatic heterocycles. The molecule has 1 saturated heterocycles. The minimum atomic E-state index is 0.0742. The number of fused-ring (bicyclic) bond motifs is 2. The van der Waals surface area contributed by atoms with E-state index in [1.165, 1.54) is 27.6 Å². The van der Waals surface area contributed by atoms with E-state index in [2.05, 4.69) is 57.1 Å². The van der Waals surface area contributed by atoms with Crippen LogP contribution >= 0.6 is 15.9 Å². The minimum Gasteiger partial charge on any atom is -0.349 e. The fourth-order valence-corrected chi connectivity index (χ4v) is 6.06. The molecule has 6 heteroatoms. The summed E-state index contributed by atoms with van der Waals surface area (Å²) in [5.74, 6) is 0.454. The van der Waals surface area contributed by atoms with Crippen LogP contribution in [0.15, 0.2) is 16.7 Å². The van der Waals surface area contributed by atoms with E-state index in [0.29, 0.717) is 12.0 Å². The zero-order chi connectivity index (χ0) is 20.7. The third-order valence-electron chi connectivity index (χ3n) is 6.75. The van der Waals surface area contributed by atoms with E-state index in [4.69, 9.17) is 0 Å². The predicted octanol–water partition coefficient (Wildman–Crippen LogP) is 4.78. The van der Waals surface area contributed by atoms with Crippen molar-refractivity contribution in [3.8, 4) is 0 Å². The second kappa shape index (κ2) is 8.31. The molecule has 2 heterocycles. The molecule has 0 unspecified atom stereocenters. The number of likely N-dealkylation sites (tertiary alicyclic amines) is 1. The number of hydrogen-bond acceptors (Lipinski definition) is 2. The van der Waals surface area contributed by atoms with E-state index in [1.54, 1.807) is 0 Å². The lowest BCUT2D eigenvalue weighted by molar-refractivity contribution is 0.0978. The highest BCUT2D eigenvalue weighted by Crippen LogP contribution is 2.46. The minimum absolute atomic E-state index is 0.0742. The third-order valence-corrected chi connectivity index (χ3v) is 7.43. The van der Waals surface area contributed by atoms with Gasteiger partial charge in [0.2, 0.25) is 0 Å². The van der Waals surface area contributed by atoms with E-state index in [1.807, 2.05) is 18.7 Å². The summed E-state index contributed by atoms with van der Waals surface area (Å²) < 4.78 is 1.13. The van der Waals surface area contributed by atoms with Gasteiger partial charge in [0, 0.05) is 48.5 Å². The number of urea groups is 1. The Labute approximate surface area is 182 Å². The van der Waals surface area contributed by atoms with Crippen molar-refractivity contribution < 1.29 is 4.79 Å². The van der Waals surface area contributed by atoms with Crippen LogP contribution in [0.5, 0.6) is 0 Å². The second-order valence-electron chi connectivity index (χ2n) is 8.62. The number of benzene rings is 1. The molecule has 0 spiro atoms. The van der Waals surface area contributed by atoms with Gasteiger partial charge >= 0.3 is 6.03 Å². The Hall–Kier alpha value is -1.53. The van der Waals surface area contributed by atoms with Crippen molar-refractivity contribution in [2.24, 2.45) is 0 Å². The van der Waals surface area contributed by atoms with Crippen molar-refractivity contribution in [1.82, 2.24) is 20.1 Å². The first-order valence-electron chi connectivity index (χ1n) is 11.1. The van der Waals surface area contributed by atoms with Crippen molar-refractivity contribution in [3.05, 3.63) is 33.4 Å². The van der Waals surface area contributed by atoms with Gasteiger partial charge in [-0.15, -0.1) is 0 Å². The van der Waals surface area contributed by atoms with Crippen LogP contribution in [-0.2, 0) is 6.42 Å². The lowest BCUT2D eigenvalue weighted by Crippen LogP contribution is -2.57. The number of carbonyl (C=O) groups excluding carboxylic acids is 1. The Morgan fingerprint density at radius 1 is 1.31 bits per heavy atom. The molecule has 4 rings (SSSR count). The maximum absolute atomic E-state index is 12.7. The molecule has 0 saturated carbocycles. The fraction of sp³-hybridized carbons (Fsp3) is 0.609. The molecule has 2 N–H and O–H groups in total. The average molecular weight is 461 g/mol. The van der Waals surface area contributed by atoms with Gasteiger partial charge in [-0.2, -0.15) is 0 Å². The summed E-state index contributed by atoms with van der Waals surface area (Å²) in [6.07, 6.45) is 3.21. The molecule has 2 amide bonds. The van der Waals surface area contributed by atoms with Gasteiger partial charge in [0.15, 0.2) is 0 Å². The van der Waals surface area contributed by atoms with E-state index < -0.39 is 0 Å². The Balaban J connectivity index is 1.69. The number of piperidine rings is 1. The highest BCUT2D eigenvalue weighted by Gasteiger charge is 2.41. The van der Waals surface area contributed by atoms with Crippen molar-refractivity contribution in [3.63, 3.8) is 0 Å². The lowest BCUT2D eigenvalue weighted by Gasteiger charge is -2.47. The smallest absolute Gasteiger partial charge is 0.317 e. The predicted molar refractivity (Wildman–Crippen MR) is 123 cm³/mol. The second-order valence-corrected chi connectivity index (χ2v) is 9.41. The van der Waals surface area contributed by atoms with Crippen LogP contribution in [0.2, 0.25) is 0 Å². The normalized spacial score (nSPS) is 23.8. The number of aromatic nitrogens is 1. The monoisotopic (exact) mass is 460 g/mol. The van der Waals surface area contributed by atoms with Crippen molar-refractivity contribution in [1.29, 1.82) is 0 Å². The average Bonchev–Trinajstić information content (AvgIpc) is 2.99. The molecule has 1 fully saturated rings. The highest BCUT2D eigenvalue weighted by atomic mass is 79.9. The molecule has 5 nitrogen and oxygen atoms in total. The first kappa shape index (κ1) is 20.7. The van der Waals surface area contributed by atoms with Gasteiger partial charge in [-0.05, 0) is 85.3 Å². The maximum Gasteiger partial charge on any atom is 0.317 e. The molecule has 0 radical (unpaired) electrons. The first-order chi connectivity index (χ1) is 14.0. The van der Waals surface area contributed by atoms with Gasteiger partial charge in [0.05, 0.1) is 4.60 Å². The van der Waals surface area contributed by atoms with Crippen molar-refractivity contribution in [2.45, 2.75) is 65.0 Å². The summed E-state index contributed by atoms with van der Waals surface area (Å²) in [5, 5.41) is 4.75. The van der Waals surface area contributed by atoms with Crippen LogP contribution in [0, 0.1) is 6.92 Å². The van der Waals surface area contributed by atoms with Crippen LogP contribution in [0.3, 0.4) is 0 Å². The van der Waals surface area contributed by atoms with Gasteiger partial charge in [-0.25, -0.2) is 4.79 Å². The van der Waals surface area contributed by atoms with Crippen LogP contribution in [-0.4, -0.2) is 59.1 Å². The molecule has 0 bridgehead atoms. The van der Waals surface area contributed by atoms with E-state index in [9.17, 15) is 4.79 Å². The number of nitrogens with zero attached hydrogens (tertiary/aromatic N) is 2. The molecule has 3 atom stereocenters. The summed E-state index contributed by atoms with van der Waals surface area (Å²) in [6.45, 7) is 12.0. The van der Waals surface area contributed by atoms with Gasteiger partial charge in [-0.3, -0.25) is 4.90 Å². The van der Waals surface area contributed by atoms with Crippen LogP contribution < -0.4 is 5.32 Å². The molecule has 2 aliphatic rings. The highest BCUT2D eigenvalue weighted by molar-refractivity contribution is 9.10. The van der Waals surface area contributed by atoms with Gasteiger partial charge in [0.25, 0.3) is 0 Å². The van der Waals surface area contributed by atoms with E-state index in [-0.39, 0.29) is 12.1 Å². The number of aryl methyl sites for hydroxylation is 1. The van der Waals surface area contributed by atoms with Crippen LogP contribution in [0.25, 0.3) is 10.9 Å². The van der Waals surface area contributed by atoms with Gasteiger partial charge in [0.1, 0.15) is 0 Å². The third kappa shape index (κ3) is 3.70. The van der Waals surface area contributed by atoms with Crippen LogP contribution in [0.4, 0.5) is 4.79 Å². The quantitative estimate of drug-likeness (QED) is 0.673. The zero-order valence-electron chi connectivity index (χ0n) is 18.0. The molecule has 1 aromatic carbocycles. The molecule has 1 aromatic heterocycles. The first-order valence-corrected chi connectivity index (χ1v) is 11.9. The SMILES string of the molecule is CCCN1C[C@@H](NC(=O)N(CC)CC)C[C@@H]2c3cc(C)cc4[nH]c(Br)c(c34)C[C@H]21. The number of nitrogens with one attached hydrogen (secondary N) is 2. The summed E-state index contributed by atoms with van der Waals surface area (Å²) >= 11 is 3.78. The largest absolute Gasteiger partial charge is 0.349 e. The molecule has 1 aliphatic carbocycles. The zero-order valence-corrected chi connectivity index (χ0v) is 19.6. The molecule has 29 heavy (non-hydrogen) atoms. The summed E-state index contributed by atoms with van der Waals surface area (Å²) in [5.41, 5.74) is 5.40. The Morgan fingerprint density at radius 3 is 2.76 bits per heavy atom. The number of rotatable bonds is 5. The number of carbonyl (C=O) groups is 1. The Bertz CT molecular complexity index is 904. The topological polar surface area (TPSA) is 51.4 Å². The standard InChI is InChI=1S/C23H33BrN4O/c1-5-8-28-13-15(25-23(29)27(6-2)7-3)11-16-17-9-14(4)10-19-21(17)18(12-20(16)28)22(24)26-19/h9-10,15-16,20,26H,5-8,11-13H2,1-4H3,(H,25,29)/t15-,16+,20+/m0/s1. The number of aromatic amines is 1. The van der Waals surface area contributed by atoms with Crippen molar-refractivity contribution in [2.75, 3.05) is 26.2 Å². The molecular weight excluding hydrogens is 428 g/mol. The Kier molecular flexibility index (Phi) is 5.94. The number of H-pyrrole nitrogens is 1. The summed E-state index contributed by atoms with van der Waals surface area (Å²) in [6, 6.07) is 5.39. The number of hydrogen-bond donors (Lipinski definition) is 2. The number of halogens is 1. The fourth-order valence-electron chi connectivity index (χ4n) is 5.49. The van der Waals surface area contributed by atoms with Crippen molar-refractivity contribution >= 4 is 32.9 Å². The molecule has 2 aromatic rings. The summed E-state index contributed by atoms with van der Waals surface area (Å²) in [4.78, 5) is 20.8. The lowest BCUT2D eigenvalue weighted by atomic mass is 9.73. The van der Waals surface area contributed by atoms with E-state index >= 15 is 0 Å². The molecular formula is C23H33BrN4O. The summed E-state index contributed by atoms with van der Waals surface area (Å²) in [7, 11) is 0. The molecule has 158 valence electrons. The Morgan fingerprint density at radius 2 is 2.07 bits per heavy atom. The maximum atomic E-state index is 12.7. The van der Waals surface area contributed by atoms with E-state index in [0.717, 1.165) is 50.0 Å². The number of amides is 2.